The van der Waals surface area contributed by atoms with Crippen LogP contribution in [-0.4, -0.2) is 69.1 Å². The van der Waals surface area contributed by atoms with Gasteiger partial charge in [-0.05, 0) is 38.0 Å². The first-order valence-corrected chi connectivity index (χ1v) is 9.63. The van der Waals surface area contributed by atoms with Crippen molar-refractivity contribution < 1.29 is 14.8 Å². The van der Waals surface area contributed by atoms with Crippen LogP contribution in [0.2, 0.25) is 0 Å². The maximum absolute atomic E-state index is 12.1. The fourth-order valence-corrected chi connectivity index (χ4v) is 3.59. The van der Waals surface area contributed by atoms with Gasteiger partial charge in [0.15, 0.2) is 0 Å². The number of aliphatic hydroxyl groups excluding tert-OH is 1. The molecule has 0 unspecified atom stereocenters. The van der Waals surface area contributed by atoms with E-state index in [-0.39, 0.29) is 35.9 Å². The number of nitrogens with two attached hydrogens (primary N) is 1. The van der Waals surface area contributed by atoms with Crippen LogP contribution in [0.15, 0.2) is 6.20 Å². The Morgan fingerprint density at radius 2 is 2.07 bits per heavy atom. The van der Waals surface area contributed by atoms with E-state index in [0.717, 1.165) is 31.9 Å². The number of rotatable bonds is 7. The van der Waals surface area contributed by atoms with Crippen molar-refractivity contribution in [2.75, 3.05) is 36.8 Å². The van der Waals surface area contributed by atoms with Crippen molar-refractivity contribution in [2.24, 2.45) is 11.7 Å². The Labute approximate surface area is 162 Å². The minimum absolute atomic E-state index is 0.0372. The first kappa shape index (κ1) is 20.2. The highest BCUT2D eigenvalue weighted by Gasteiger charge is 2.25. The minimum Gasteiger partial charge on any atom is -0.391 e. The first-order chi connectivity index (χ1) is 13.4. The Bertz CT molecular complexity index is 709. The highest BCUT2D eigenvalue weighted by molar-refractivity contribution is 5.80. The molecule has 0 spiro atoms. The summed E-state index contributed by atoms with van der Waals surface area (Å²) in [5, 5.41) is 26.7. The third kappa shape index (κ3) is 5.26. The molecule has 1 aromatic rings. The molecule has 1 aliphatic carbocycles. The lowest BCUT2D eigenvalue weighted by Crippen LogP contribution is -2.34. The van der Waals surface area contributed by atoms with Crippen LogP contribution in [-0.2, 0) is 4.79 Å². The van der Waals surface area contributed by atoms with Crippen molar-refractivity contribution in [2.45, 2.75) is 44.2 Å². The molecule has 0 bridgehead atoms. The van der Waals surface area contributed by atoms with Crippen molar-refractivity contribution >= 4 is 23.4 Å². The number of β-amino-alcohol motifs (C(OH)–C–C–N with tert-alkyl or cyclic N) is 1. The Morgan fingerprint density at radius 1 is 1.32 bits per heavy atom. The SMILES string of the molecule is NC1CCC(CNc2nc(NCC(=O)N3CC[C@H](O)C3)ncc2[N+](=O)[O-])CC1. The largest absolute Gasteiger partial charge is 0.391 e. The number of likely N-dealkylation sites (tertiary alicyclic amines) is 1. The van der Waals surface area contributed by atoms with E-state index in [1.54, 1.807) is 4.90 Å². The van der Waals surface area contributed by atoms with Gasteiger partial charge in [0.05, 0.1) is 17.6 Å². The zero-order chi connectivity index (χ0) is 20.1. The Balaban J connectivity index is 1.59. The number of carbonyl (C=O) groups excluding carboxylic acids is 1. The lowest BCUT2D eigenvalue weighted by atomic mass is 9.86. The number of hydrogen-bond acceptors (Lipinski definition) is 9. The second-order valence-electron chi connectivity index (χ2n) is 7.48. The molecule has 1 aromatic heterocycles. The van der Waals surface area contributed by atoms with Gasteiger partial charge >= 0.3 is 5.69 Å². The number of amides is 1. The molecule has 11 heteroatoms. The molecule has 1 amide bonds. The quantitative estimate of drug-likeness (QED) is 0.378. The first-order valence-electron chi connectivity index (χ1n) is 9.63. The summed E-state index contributed by atoms with van der Waals surface area (Å²) in [5.74, 6) is 0.508. The molecule has 11 nitrogen and oxygen atoms in total. The van der Waals surface area contributed by atoms with Crippen molar-refractivity contribution in [3.63, 3.8) is 0 Å². The van der Waals surface area contributed by atoms with Crippen LogP contribution in [0.1, 0.15) is 32.1 Å². The molecule has 3 rings (SSSR count). The molecule has 0 radical (unpaired) electrons. The van der Waals surface area contributed by atoms with Crippen molar-refractivity contribution in [1.82, 2.24) is 14.9 Å². The number of anilines is 2. The average molecular weight is 393 g/mol. The van der Waals surface area contributed by atoms with Gasteiger partial charge in [0, 0.05) is 25.7 Å². The standard InChI is InChI=1S/C17H27N7O4/c18-12-3-1-11(2-4-12)7-19-16-14(24(27)28)8-20-17(22-16)21-9-15(26)23-6-5-13(25)10-23/h8,11-13,25H,1-7,9-10,18H2,(H2,19,20,21,22)/t11?,12?,13-/m0/s1. The predicted molar refractivity (Wildman–Crippen MR) is 103 cm³/mol. The Kier molecular flexibility index (Phi) is 6.57. The summed E-state index contributed by atoms with van der Waals surface area (Å²) in [6.45, 7) is 1.37. The van der Waals surface area contributed by atoms with Gasteiger partial charge < -0.3 is 26.4 Å². The molecule has 0 aromatic carbocycles. The summed E-state index contributed by atoms with van der Waals surface area (Å²) in [6.07, 6.45) is 5.10. The second kappa shape index (κ2) is 9.11. The minimum atomic E-state index is -0.528. The number of nitrogens with one attached hydrogen (secondary N) is 2. The summed E-state index contributed by atoms with van der Waals surface area (Å²) in [7, 11) is 0. The molecule has 5 N–H and O–H groups in total. The molecular weight excluding hydrogens is 366 g/mol. The van der Waals surface area contributed by atoms with Crippen LogP contribution < -0.4 is 16.4 Å². The van der Waals surface area contributed by atoms with E-state index in [9.17, 15) is 20.0 Å². The fourth-order valence-electron chi connectivity index (χ4n) is 3.59. The summed E-state index contributed by atoms with van der Waals surface area (Å²) in [5.41, 5.74) is 5.71. The average Bonchev–Trinajstić information content (AvgIpc) is 3.12. The molecule has 1 atom stereocenters. The second-order valence-corrected chi connectivity index (χ2v) is 7.48. The zero-order valence-electron chi connectivity index (χ0n) is 15.7. The van der Waals surface area contributed by atoms with E-state index >= 15 is 0 Å². The number of nitro groups is 1. The zero-order valence-corrected chi connectivity index (χ0v) is 15.7. The third-order valence-corrected chi connectivity index (χ3v) is 5.33. The molecule has 2 aliphatic rings. The summed E-state index contributed by atoms with van der Waals surface area (Å²) < 4.78 is 0. The Hall–Kier alpha value is -2.53. The van der Waals surface area contributed by atoms with Crippen LogP contribution >= 0.6 is 0 Å². The number of aromatic nitrogens is 2. The van der Waals surface area contributed by atoms with Gasteiger partial charge in [-0.1, -0.05) is 0 Å². The molecule has 2 heterocycles. The molecule has 28 heavy (non-hydrogen) atoms. The topological polar surface area (TPSA) is 160 Å². The van der Waals surface area contributed by atoms with Gasteiger partial charge in [0.2, 0.25) is 17.7 Å². The lowest BCUT2D eigenvalue weighted by Gasteiger charge is -2.26. The molecule has 1 saturated carbocycles. The molecule has 1 saturated heterocycles. The predicted octanol–water partition coefficient (Wildman–Crippen LogP) is 0.319. The number of nitrogens with zero attached hydrogens (tertiary/aromatic N) is 4. The highest BCUT2D eigenvalue weighted by atomic mass is 16.6. The van der Waals surface area contributed by atoms with E-state index in [0.29, 0.717) is 32.0 Å². The maximum atomic E-state index is 12.1. The number of hydrogen-bond donors (Lipinski definition) is 4. The smallest absolute Gasteiger partial charge is 0.329 e. The van der Waals surface area contributed by atoms with Crippen molar-refractivity contribution in [3.05, 3.63) is 16.3 Å². The van der Waals surface area contributed by atoms with E-state index < -0.39 is 11.0 Å². The van der Waals surface area contributed by atoms with Crippen molar-refractivity contribution in [3.8, 4) is 0 Å². The van der Waals surface area contributed by atoms with Gasteiger partial charge in [-0.2, -0.15) is 4.98 Å². The summed E-state index contributed by atoms with van der Waals surface area (Å²) in [6, 6.07) is 0.245. The summed E-state index contributed by atoms with van der Waals surface area (Å²) >= 11 is 0. The van der Waals surface area contributed by atoms with Gasteiger partial charge in [-0.25, -0.2) is 4.98 Å². The molecule has 1 aliphatic heterocycles. The van der Waals surface area contributed by atoms with Crippen LogP contribution in [0.25, 0.3) is 0 Å². The van der Waals surface area contributed by atoms with Crippen molar-refractivity contribution in [1.29, 1.82) is 0 Å². The van der Waals surface area contributed by atoms with Gasteiger partial charge in [-0.3, -0.25) is 14.9 Å². The number of carbonyl (C=O) groups is 1. The van der Waals surface area contributed by atoms with E-state index in [4.69, 9.17) is 5.73 Å². The maximum Gasteiger partial charge on any atom is 0.329 e. The lowest BCUT2D eigenvalue weighted by molar-refractivity contribution is -0.384. The highest BCUT2D eigenvalue weighted by Crippen LogP contribution is 2.26. The van der Waals surface area contributed by atoms with Gasteiger partial charge in [-0.15, -0.1) is 0 Å². The van der Waals surface area contributed by atoms with Gasteiger partial charge in [0.25, 0.3) is 0 Å². The Morgan fingerprint density at radius 3 is 2.71 bits per heavy atom. The number of aliphatic hydroxyl groups is 1. The fraction of sp³-hybridized carbons (Fsp3) is 0.706. The molecule has 154 valence electrons. The van der Waals surface area contributed by atoms with Crippen LogP contribution in [0, 0.1) is 16.0 Å². The van der Waals surface area contributed by atoms with E-state index in [2.05, 4.69) is 20.6 Å². The van der Waals surface area contributed by atoms with E-state index in [1.807, 2.05) is 0 Å². The van der Waals surface area contributed by atoms with Crippen LogP contribution in [0.3, 0.4) is 0 Å². The summed E-state index contributed by atoms with van der Waals surface area (Å²) in [4.78, 5) is 32.6. The van der Waals surface area contributed by atoms with Gasteiger partial charge in [0.1, 0.15) is 6.20 Å². The van der Waals surface area contributed by atoms with Crippen LogP contribution in [0.5, 0.6) is 0 Å². The molecule has 2 fully saturated rings. The normalized spacial score (nSPS) is 24.8. The third-order valence-electron chi connectivity index (χ3n) is 5.33. The molecular formula is C17H27N7O4. The monoisotopic (exact) mass is 393 g/mol. The van der Waals surface area contributed by atoms with Crippen LogP contribution in [0.4, 0.5) is 17.5 Å². The van der Waals surface area contributed by atoms with E-state index in [1.165, 1.54) is 0 Å².